The van der Waals surface area contributed by atoms with Crippen LogP contribution in [0, 0.1) is 0 Å². The molecule has 0 atom stereocenters. The second kappa shape index (κ2) is 11.9. The van der Waals surface area contributed by atoms with Crippen molar-refractivity contribution in [2.45, 2.75) is 19.8 Å². The third-order valence-corrected chi connectivity index (χ3v) is 5.64. The molecule has 1 aromatic heterocycles. The van der Waals surface area contributed by atoms with E-state index in [-0.39, 0.29) is 43.6 Å². The number of fused-ring (bicyclic) bond motifs is 3. The van der Waals surface area contributed by atoms with Gasteiger partial charge in [-0.15, -0.1) is 0 Å². The van der Waals surface area contributed by atoms with Gasteiger partial charge in [0.2, 0.25) is 11.9 Å². The summed E-state index contributed by atoms with van der Waals surface area (Å²) in [4.78, 5) is 51.4. The molecular weight excluding hydrogens is 476 g/mol. The number of carbonyl (C=O) groups is 3. The minimum Gasteiger partial charge on any atom is -0.491 e. The van der Waals surface area contributed by atoms with Crippen LogP contribution in [0.2, 0.25) is 0 Å². The molecule has 192 valence electrons. The van der Waals surface area contributed by atoms with Gasteiger partial charge in [-0.1, -0.05) is 6.08 Å². The zero-order chi connectivity index (χ0) is 26.2. The number of hydrogen-bond acceptors (Lipinski definition) is 9. The predicted octanol–water partition coefficient (Wildman–Crippen LogP) is 2.00. The van der Waals surface area contributed by atoms with E-state index < -0.39 is 0 Å². The number of benzene rings is 1. The van der Waals surface area contributed by atoms with Crippen molar-refractivity contribution < 1.29 is 23.9 Å². The van der Waals surface area contributed by atoms with E-state index in [0.29, 0.717) is 47.6 Å². The van der Waals surface area contributed by atoms with Gasteiger partial charge >= 0.3 is 0 Å². The van der Waals surface area contributed by atoms with E-state index in [1.54, 1.807) is 37.4 Å². The molecular formula is C26H28N6O5. The summed E-state index contributed by atoms with van der Waals surface area (Å²) in [7, 11) is 1.51. The van der Waals surface area contributed by atoms with Crippen LogP contribution in [-0.2, 0) is 9.59 Å². The molecule has 0 fully saturated rings. The minimum atomic E-state index is -0.337. The van der Waals surface area contributed by atoms with Crippen molar-refractivity contribution in [3.63, 3.8) is 0 Å². The molecule has 0 bridgehead atoms. The van der Waals surface area contributed by atoms with Crippen LogP contribution in [0.3, 0.4) is 0 Å². The fraction of sp³-hybridized carbons (Fsp3) is 0.308. The molecule has 0 unspecified atom stereocenters. The Hall–Kier alpha value is -4.54. The van der Waals surface area contributed by atoms with E-state index in [1.165, 1.54) is 19.4 Å². The van der Waals surface area contributed by atoms with E-state index in [4.69, 9.17) is 14.5 Å². The number of nitrogens with one attached hydrogen (secondary N) is 2. The maximum absolute atomic E-state index is 12.8. The number of amidine groups is 1. The lowest BCUT2D eigenvalue weighted by atomic mass is 10.1. The van der Waals surface area contributed by atoms with Crippen molar-refractivity contribution in [3.8, 4) is 11.5 Å². The van der Waals surface area contributed by atoms with E-state index in [9.17, 15) is 14.4 Å². The standard InChI is InChI=1S/C26H28N6O5/c1-3-5-18(33)7-10-21(34)28-13-15-37-20-9-8-19-22(23(20)36-2)30-26(32-14-12-29-24(19)32)31-25(35)17-6-4-11-27-16-17/h3-6,8-9,11,16H,7,10,12-15H2,1-2H3,(H,28,34)(H,30,31,35). The van der Waals surface area contributed by atoms with Gasteiger partial charge in [-0.2, -0.15) is 0 Å². The van der Waals surface area contributed by atoms with Gasteiger partial charge in [-0.3, -0.25) is 34.6 Å². The highest BCUT2D eigenvalue weighted by Gasteiger charge is 2.33. The summed E-state index contributed by atoms with van der Waals surface area (Å²) in [6.45, 7) is 3.35. The molecule has 0 radical (unpaired) electrons. The monoisotopic (exact) mass is 504 g/mol. The number of pyridine rings is 1. The van der Waals surface area contributed by atoms with Crippen molar-refractivity contribution >= 4 is 35.1 Å². The molecule has 11 nitrogen and oxygen atoms in total. The number of ether oxygens (including phenoxy) is 2. The normalized spacial score (nSPS) is 13.8. The predicted molar refractivity (Wildman–Crippen MR) is 137 cm³/mol. The summed E-state index contributed by atoms with van der Waals surface area (Å²) in [5.74, 6) is 1.21. The van der Waals surface area contributed by atoms with Gasteiger partial charge < -0.3 is 14.8 Å². The van der Waals surface area contributed by atoms with Gasteiger partial charge in [0.15, 0.2) is 17.3 Å². The number of carbonyl (C=O) groups excluding carboxylic acids is 3. The molecule has 3 heterocycles. The first kappa shape index (κ1) is 25.5. The van der Waals surface area contributed by atoms with Gasteiger partial charge in [0.1, 0.15) is 18.1 Å². The summed E-state index contributed by atoms with van der Waals surface area (Å²) in [6.07, 6.45) is 6.46. The van der Waals surface area contributed by atoms with Crippen LogP contribution in [-0.4, -0.2) is 72.6 Å². The van der Waals surface area contributed by atoms with Crippen LogP contribution in [0.25, 0.3) is 0 Å². The average molecular weight is 505 g/mol. The fourth-order valence-corrected chi connectivity index (χ4v) is 3.92. The summed E-state index contributed by atoms with van der Waals surface area (Å²) >= 11 is 0. The Morgan fingerprint density at radius 2 is 2.05 bits per heavy atom. The van der Waals surface area contributed by atoms with Crippen LogP contribution in [0.4, 0.5) is 5.69 Å². The van der Waals surface area contributed by atoms with Gasteiger partial charge in [0.05, 0.1) is 25.8 Å². The largest absolute Gasteiger partial charge is 0.491 e. The van der Waals surface area contributed by atoms with Crippen LogP contribution < -0.4 is 20.1 Å². The number of rotatable bonds is 10. The van der Waals surface area contributed by atoms with E-state index in [1.807, 2.05) is 11.0 Å². The topological polar surface area (TPSA) is 135 Å². The smallest absolute Gasteiger partial charge is 0.259 e. The third kappa shape index (κ3) is 6.00. The number of methoxy groups -OCH3 is 1. The zero-order valence-corrected chi connectivity index (χ0v) is 20.7. The lowest BCUT2D eigenvalue weighted by Crippen LogP contribution is -2.47. The van der Waals surface area contributed by atoms with Crippen LogP contribution in [0.1, 0.15) is 35.7 Å². The molecule has 2 aliphatic rings. The molecule has 11 heteroatoms. The molecule has 2 aromatic rings. The summed E-state index contributed by atoms with van der Waals surface area (Å²) in [5.41, 5.74) is 1.66. The molecule has 0 aliphatic carbocycles. The minimum absolute atomic E-state index is 0.0883. The first-order chi connectivity index (χ1) is 18.0. The third-order valence-electron chi connectivity index (χ3n) is 5.64. The molecule has 37 heavy (non-hydrogen) atoms. The summed E-state index contributed by atoms with van der Waals surface area (Å²) in [5, 5.41) is 5.59. The summed E-state index contributed by atoms with van der Waals surface area (Å²) in [6, 6.07) is 6.97. The number of hydrogen-bond donors (Lipinski definition) is 2. The van der Waals surface area contributed by atoms with Gasteiger partial charge in [-0.05, 0) is 37.3 Å². The second-order valence-corrected chi connectivity index (χ2v) is 8.15. The molecule has 0 saturated carbocycles. The molecule has 0 saturated heterocycles. The van der Waals surface area contributed by atoms with Crippen LogP contribution in [0.15, 0.2) is 58.8 Å². The van der Waals surface area contributed by atoms with Crippen LogP contribution in [0.5, 0.6) is 11.5 Å². The number of nitrogens with zero attached hydrogens (tertiary/aromatic N) is 4. The number of allylic oxidation sites excluding steroid dienone is 2. The quantitative estimate of drug-likeness (QED) is 0.373. The number of ketones is 1. The van der Waals surface area contributed by atoms with Crippen molar-refractivity contribution in [3.05, 3.63) is 59.9 Å². The molecule has 2 aliphatic heterocycles. The molecule has 0 spiro atoms. The SMILES string of the molecule is CC=CC(=O)CCC(=O)NCCOc1ccc2c(c1OC)N=C(NC(=O)c1cccnc1)N1CCN=C21. The highest BCUT2D eigenvalue weighted by Crippen LogP contribution is 2.43. The number of amides is 2. The van der Waals surface area contributed by atoms with Crippen molar-refractivity contribution in [1.82, 2.24) is 20.5 Å². The lowest BCUT2D eigenvalue weighted by Gasteiger charge is -2.28. The lowest BCUT2D eigenvalue weighted by molar-refractivity contribution is -0.123. The Kier molecular flexibility index (Phi) is 8.24. The first-order valence-electron chi connectivity index (χ1n) is 11.9. The fourth-order valence-electron chi connectivity index (χ4n) is 3.92. The average Bonchev–Trinajstić information content (AvgIpc) is 3.41. The Morgan fingerprint density at radius 3 is 2.81 bits per heavy atom. The molecule has 2 N–H and O–H groups in total. The number of guanidine groups is 1. The highest BCUT2D eigenvalue weighted by atomic mass is 16.5. The molecule has 4 rings (SSSR count). The number of aliphatic imine (C=N–C) groups is 2. The summed E-state index contributed by atoms with van der Waals surface area (Å²) < 4.78 is 11.5. The Balaban J connectivity index is 1.46. The number of aromatic nitrogens is 1. The first-order valence-corrected chi connectivity index (χ1v) is 11.9. The maximum Gasteiger partial charge on any atom is 0.259 e. The Labute approximate surface area is 214 Å². The van der Waals surface area contributed by atoms with E-state index in [2.05, 4.69) is 20.6 Å². The van der Waals surface area contributed by atoms with Gasteiger partial charge in [0, 0.05) is 37.3 Å². The highest BCUT2D eigenvalue weighted by molar-refractivity contribution is 6.20. The van der Waals surface area contributed by atoms with E-state index in [0.717, 1.165) is 5.56 Å². The zero-order valence-electron chi connectivity index (χ0n) is 20.7. The van der Waals surface area contributed by atoms with Crippen molar-refractivity contribution in [1.29, 1.82) is 0 Å². The molecule has 2 amide bonds. The van der Waals surface area contributed by atoms with E-state index >= 15 is 0 Å². The Morgan fingerprint density at radius 1 is 1.19 bits per heavy atom. The van der Waals surface area contributed by atoms with Gasteiger partial charge in [-0.25, -0.2) is 4.99 Å². The van der Waals surface area contributed by atoms with Gasteiger partial charge in [0.25, 0.3) is 5.91 Å². The maximum atomic E-state index is 12.8. The Bertz CT molecular complexity index is 1270. The molecule has 1 aromatic carbocycles. The van der Waals surface area contributed by atoms with Crippen molar-refractivity contribution in [2.24, 2.45) is 9.98 Å². The van der Waals surface area contributed by atoms with Crippen LogP contribution >= 0.6 is 0 Å². The second-order valence-electron chi connectivity index (χ2n) is 8.15. The van der Waals surface area contributed by atoms with Crippen molar-refractivity contribution in [2.75, 3.05) is 33.4 Å².